The van der Waals surface area contributed by atoms with Gasteiger partial charge in [0.05, 0.1) is 6.54 Å². The minimum absolute atomic E-state index is 0.0998. The molecule has 0 fully saturated rings. The van der Waals surface area contributed by atoms with Crippen molar-refractivity contribution in [1.82, 2.24) is 15.5 Å². The van der Waals surface area contributed by atoms with Crippen molar-refractivity contribution in [2.75, 3.05) is 27.2 Å². The lowest BCUT2D eigenvalue weighted by molar-refractivity contribution is -0.121. The lowest BCUT2D eigenvalue weighted by Crippen LogP contribution is -2.46. The Bertz CT molecular complexity index is 219. The number of likely N-dealkylation sites (N-methyl/N-ethyl adjacent to an activating group) is 1. The molecule has 0 spiro atoms. The lowest BCUT2D eigenvalue weighted by atomic mass is 10.0. The first-order valence-corrected chi connectivity index (χ1v) is 7.02. The Morgan fingerprint density at radius 3 is 2.28 bits per heavy atom. The third-order valence-corrected chi connectivity index (χ3v) is 2.93. The summed E-state index contributed by atoms with van der Waals surface area (Å²) in [6, 6.07) is 0.638. The summed E-state index contributed by atoms with van der Waals surface area (Å²) in [5.41, 5.74) is 0. The second-order valence-corrected chi connectivity index (χ2v) is 5.85. The van der Waals surface area contributed by atoms with E-state index in [1.807, 2.05) is 14.1 Å². The van der Waals surface area contributed by atoms with Crippen LogP contribution in [0, 0.1) is 5.92 Å². The van der Waals surface area contributed by atoms with Gasteiger partial charge in [0.15, 0.2) is 0 Å². The summed E-state index contributed by atoms with van der Waals surface area (Å²) in [5.74, 6) is 0.695. The van der Waals surface area contributed by atoms with Gasteiger partial charge >= 0.3 is 0 Å². The van der Waals surface area contributed by atoms with Crippen LogP contribution in [0.15, 0.2) is 0 Å². The predicted molar refractivity (Wildman–Crippen MR) is 77.7 cm³/mol. The normalized spacial score (nSPS) is 14.9. The molecule has 0 aliphatic rings. The van der Waals surface area contributed by atoms with Crippen molar-refractivity contribution >= 4 is 5.91 Å². The number of hydrogen-bond acceptors (Lipinski definition) is 3. The molecular weight excluding hydrogens is 226 g/mol. The molecule has 0 radical (unpaired) electrons. The molecule has 1 amide bonds. The van der Waals surface area contributed by atoms with Crippen LogP contribution in [0.3, 0.4) is 0 Å². The second kappa shape index (κ2) is 9.34. The zero-order valence-electron chi connectivity index (χ0n) is 12.9. The summed E-state index contributed by atoms with van der Waals surface area (Å²) in [4.78, 5) is 14.0. The van der Waals surface area contributed by atoms with Gasteiger partial charge in [-0.15, -0.1) is 0 Å². The first-order valence-electron chi connectivity index (χ1n) is 7.02. The average molecular weight is 257 g/mol. The van der Waals surface area contributed by atoms with E-state index in [0.29, 0.717) is 18.5 Å². The molecule has 0 aromatic carbocycles. The van der Waals surface area contributed by atoms with Crippen molar-refractivity contribution in [3.05, 3.63) is 0 Å². The zero-order valence-corrected chi connectivity index (χ0v) is 12.9. The molecule has 4 nitrogen and oxygen atoms in total. The maximum Gasteiger partial charge on any atom is 0.234 e. The Morgan fingerprint density at radius 2 is 1.83 bits per heavy atom. The highest BCUT2D eigenvalue weighted by Gasteiger charge is 2.15. The Morgan fingerprint density at radius 1 is 1.22 bits per heavy atom. The Labute approximate surface area is 113 Å². The van der Waals surface area contributed by atoms with Crippen LogP contribution in [-0.4, -0.2) is 50.1 Å². The molecule has 108 valence electrons. The van der Waals surface area contributed by atoms with Gasteiger partial charge in [-0.1, -0.05) is 20.8 Å². The van der Waals surface area contributed by atoms with Crippen molar-refractivity contribution in [3.8, 4) is 0 Å². The van der Waals surface area contributed by atoms with E-state index in [1.54, 1.807) is 0 Å². The minimum Gasteiger partial charge on any atom is -0.351 e. The third kappa shape index (κ3) is 9.42. The number of carbonyl (C=O) groups excluding carboxylic acids is 1. The molecule has 0 saturated heterocycles. The molecular formula is C14H31N3O. The van der Waals surface area contributed by atoms with Crippen LogP contribution in [0.5, 0.6) is 0 Å². The molecule has 0 aromatic rings. The molecule has 2 unspecified atom stereocenters. The van der Waals surface area contributed by atoms with Gasteiger partial charge in [-0.05, 0) is 39.8 Å². The van der Waals surface area contributed by atoms with Crippen LogP contribution in [0.25, 0.3) is 0 Å². The van der Waals surface area contributed by atoms with E-state index in [2.05, 4.69) is 43.2 Å². The molecule has 0 bridgehead atoms. The van der Waals surface area contributed by atoms with Crippen LogP contribution in [0.1, 0.15) is 40.5 Å². The summed E-state index contributed by atoms with van der Waals surface area (Å²) < 4.78 is 0. The second-order valence-electron chi connectivity index (χ2n) is 5.85. The largest absolute Gasteiger partial charge is 0.351 e. The standard InChI is InChI=1S/C14H31N3O/c1-7-12(4)15-9-14(18)16-13(8-11(2)3)10-17(5)6/h11-13,15H,7-10H2,1-6H3,(H,16,18). The minimum atomic E-state index is 0.0998. The summed E-state index contributed by atoms with van der Waals surface area (Å²) in [6.07, 6.45) is 2.06. The van der Waals surface area contributed by atoms with E-state index in [9.17, 15) is 4.79 Å². The summed E-state index contributed by atoms with van der Waals surface area (Å²) >= 11 is 0. The molecule has 2 N–H and O–H groups in total. The van der Waals surface area contributed by atoms with Crippen molar-refractivity contribution in [3.63, 3.8) is 0 Å². The molecule has 0 rings (SSSR count). The Balaban J connectivity index is 4.09. The maximum atomic E-state index is 11.8. The van der Waals surface area contributed by atoms with Crippen molar-refractivity contribution in [1.29, 1.82) is 0 Å². The quantitative estimate of drug-likeness (QED) is 0.657. The Hall–Kier alpha value is -0.610. The third-order valence-electron chi connectivity index (χ3n) is 2.93. The van der Waals surface area contributed by atoms with Gasteiger partial charge in [0, 0.05) is 18.6 Å². The van der Waals surface area contributed by atoms with E-state index in [0.717, 1.165) is 19.4 Å². The topological polar surface area (TPSA) is 44.4 Å². The molecule has 4 heteroatoms. The fourth-order valence-corrected chi connectivity index (χ4v) is 1.88. The van der Waals surface area contributed by atoms with Crippen LogP contribution < -0.4 is 10.6 Å². The average Bonchev–Trinajstić information content (AvgIpc) is 2.23. The van der Waals surface area contributed by atoms with Gasteiger partial charge in [-0.2, -0.15) is 0 Å². The number of carbonyl (C=O) groups is 1. The van der Waals surface area contributed by atoms with Crippen LogP contribution in [0.4, 0.5) is 0 Å². The number of amides is 1. The summed E-state index contributed by atoms with van der Waals surface area (Å²) in [5, 5.41) is 6.33. The first kappa shape index (κ1) is 17.4. The highest BCUT2D eigenvalue weighted by atomic mass is 16.2. The van der Waals surface area contributed by atoms with E-state index >= 15 is 0 Å². The van der Waals surface area contributed by atoms with E-state index in [4.69, 9.17) is 0 Å². The van der Waals surface area contributed by atoms with Gasteiger partial charge in [0.2, 0.25) is 5.91 Å². The monoisotopic (exact) mass is 257 g/mol. The number of nitrogens with zero attached hydrogens (tertiary/aromatic N) is 1. The zero-order chi connectivity index (χ0) is 14.1. The van der Waals surface area contributed by atoms with Gasteiger partial charge in [0.1, 0.15) is 0 Å². The molecule has 0 heterocycles. The van der Waals surface area contributed by atoms with Gasteiger partial charge < -0.3 is 15.5 Å². The van der Waals surface area contributed by atoms with Gasteiger partial charge in [-0.25, -0.2) is 0 Å². The van der Waals surface area contributed by atoms with Crippen molar-refractivity contribution < 1.29 is 4.79 Å². The highest BCUT2D eigenvalue weighted by molar-refractivity contribution is 5.78. The van der Waals surface area contributed by atoms with Crippen molar-refractivity contribution in [2.24, 2.45) is 5.92 Å². The first-order chi connectivity index (χ1) is 8.35. The number of hydrogen-bond donors (Lipinski definition) is 2. The van der Waals surface area contributed by atoms with Crippen LogP contribution in [0.2, 0.25) is 0 Å². The van der Waals surface area contributed by atoms with E-state index < -0.39 is 0 Å². The molecule has 2 atom stereocenters. The molecule has 18 heavy (non-hydrogen) atoms. The fourth-order valence-electron chi connectivity index (χ4n) is 1.88. The number of nitrogens with one attached hydrogen (secondary N) is 2. The van der Waals surface area contributed by atoms with Crippen LogP contribution >= 0.6 is 0 Å². The SMILES string of the molecule is CCC(C)NCC(=O)NC(CC(C)C)CN(C)C. The van der Waals surface area contributed by atoms with E-state index in [1.165, 1.54) is 0 Å². The summed E-state index contributed by atoms with van der Waals surface area (Å²) in [6.45, 7) is 9.89. The molecule has 0 aliphatic carbocycles. The highest BCUT2D eigenvalue weighted by Crippen LogP contribution is 2.05. The van der Waals surface area contributed by atoms with Gasteiger partial charge in [-0.3, -0.25) is 4.79 Å². The molecule has 0 saturated carbocycles. The maximum absolute atomic E-state index is 11.8. The fraction of sp³-hybridized carbons (Fsp3) is 0.929. The smallest absolute Gasteiger partial charge is 0.234 e. The summed E-state index contributed by atoms with van der Waals surface area (Å²) in [7, 11) is 4.08. The molecule has 0 aliphatic heterocycles. The van der Waals surface area contributed by atoms with Gasteiger partial charge in [0.25, 0.3) is 0 Å². The lowest BCUT2D eigenvalue weighted by Gasteiger charge is -2.24. The van der Waals surface area contributed by atoms with Crippen molar-refractivity contribution in [2.45, 2.75) is 52.6 Å². The van der Waals surface area contributed by atoms with E-state index in [-0.39, 0.29) is 11.9 Å². The Kier molecular flexibility index (Phi) is 9.02. The predicted octanol–water partition coefficient (Wildman–Crippen LogP) is 1.47. The number of rotatable bonds is 9. The molecule has 0 aromatic heterocycles. The van der Waals surface area contributed by atoms with Crippen LogP contribution in [-0.2, 0) is 4.79 Å².